The Hall–Kier alpha value is -0.0100. The summed E-state index contributed by atoms with van der Waals surface area (Å²) in [4.78, 5) is 0. The average molecular weight is 253 g/mol. The van der Waals surface area contributed by atoms with Crippen molar-refractivity contribution in [2.24, 2.45) is 0 Å². The molecule has 1 unspecified atom stereocenters. The zero-order valence-corrected chi connectivity index (χ0v) is 11.0. The molecule has 16 heavy (non-hydrogen) atoms. The van der Waals surface area contributed by atoms with E-state index in [4.69, 9.17) is 14.2 Å². The summed E-state index contributed by atoms with van der Waals surface area (Å²) >= 11 is 0. The van der Waals surface area contributed by atoms with E-state index in [0.29, 0.717) is 38.8 Å². The van der Waals surface area contributed by atoms with Crippen molar-refractivity contribution in [3.05, 3.63) is 0 Å². The maximum absolute atomic E-state index is 10.7. The Labute approximate surface area is 100 Å². The highest BCUT2D eigenvalue weighted by Gasteiger charge is 1.92. The Morgan fingerprint density at radius 1 is 1.00 bits per heavy atom. The Balaban J connectivity index is 2.90. The fourth-order valence-electron chi connectivity index (χ4n) is 0.949. The molecule has 0 saturated heterocycles. The monoisotopic (exact) mass is 253 g/mol. The molecule has 0 aromatic carbocycles. The van der Waals surface area contributed by atoms with Crippen molar-refractivity contribution >= 4 is 10.8 Å². The van der Waals surface area contributed by atoms with Crippen LogP contribution in [0.3, 0.4) is 0 Å². The molecule has 0 heterocycles. The quantitative estimate of drug-likeness (QED) is 0.481. The fraction of sp³-hybridized carbons (Fsp3) is 1.00. The van der Waals surface area contributed by atoms with Crippen LogP contribution >= 0.6 is 0 Å². The van der Waals surface area contributed by atoms with Gasteiger partial charge in [-0.1, -0.05) is 0 Å². The minimum absolute atomic E-state index is 0.600. The maximum Gasteiger partial charge on any atom is 0.0701 e. The lowest BCUT2D eigenvalue weighted by molar-refractivity contribution is 0.0256. The molecular weight excluding hydrogens is 230 g/mol. The Morgan fingerprint density at radius 3 is 2.25 bits per heavy atom. The second-order valence-corrected chi connectivity index (χ2v) is 4.80. The highest BCUT2D eigenvalue weighted by Crippen LogP contribution is 1.79. The summed E-state index contributed by atoms with van der Waals surface area (Å²) in [6.45, 7) is 4.65. The first-order valence-corrected chi connectivity index (χ1v) is 7.15. The van der Waals surface area contributed by atoms with Gasteiger partial charge in [-0.05, 0) is 0 Å². The highest BCUT2D eigenvalue weighted by molar-refractivity contribution is 7.84. The van der Waals surface area contributed by atoms with Crippen LogP contribution in [-0.2, 0) is 25.0 Å². The van der Waals surface area contributed by atoms with E-state index in [2.05, 4.69) is 5.32 Å². The first-order valence-electron chi connectivity index (χ1n) is 5.42. The van der Waals surface area contributed by atoms with Crippen molar-refractivity contribution in [2.75, 3.05) is 65.2 Å². The van der Waals surface area contributed by atoms with Crippen LogP contribution in [0.5, 0.6) is 0 Å². The number of methoxy groups -OCH3 is 1. The van der Waals surface area contributed by atoms with Crippen LogP contribution in [0.4, 0.5) is 0 Å². The lowest BCUT2D eigenvalue weighted by atomic mass is 10.6. The molecule has 0 fully saturated rings. The third kappa shape index (κ3) is 14.0. The van der Waals surface area contributed by atoms with Gasteiger partial charge in [-0.15, -0.1) is 0 Å². The molecular formula is C10H23NO4S. The van der Waals surface area contributed by atoms with Crippen LogP contribution in [0, 0.1) is 0 Å². The molecule has 1 atom stereocenters. The first-order chi connectivity index (χ1) is 7.77. The van der Waals surface area contributed by atoms with E-state index in [1.807, 2.05) is 0 Å². The molecule has 0 saturated carbocycles. The lowest BCUT2D eigenvalue weighted by Gasteiger charge is -2.06. The Kier molecular flexibility index (Phi) is 13.0. The van der Waals surface area contributed by atoms with Gasteiger partial charge in [-0.3, -0.25) is 4.21 Å². The molecule has 0 aliphatic carbocycles. The van der Waals surface area contributed by atoms with Crippen LogP contribution < -0.4 is 5.32 Å². The molecule has 0 aromatic rings. The highest BCUT2D eigenvalue weighted by atomic mass is 32.2. The van der Waals surface area contributed by atoms with Crippen LogP contribution in [-0.4, -0.2) is 69.5 Å². The normalized spacial score (nSPS) is 12.9. The predicted molar refractivity (Wildman–Crippen MR) is 65.3 cm³/mol. The molecule has 6 heteroatoms. The zero-order valence-electron chi connectivity index (χ0n) is 10.2. The SMILES string of the molecule is COCCOCCOCCNCCS(C)=O. The van der Waals surface area contributed by atoms with Crippen LogP contribution in [0.25, 0.3) is 0 Å². The number of nitrogens with one attached hydrogen (secondary N) is 1. The molecule has 0 radical (unpaired) electrons. The van der Waals surface area contributed by atoms with Crippen LogP contribution in [0.2, 0.25) is 0 Å². The van der Waals surface area contributed by atoms with Gasteiger partial charge in [0.15, 0.2) is 0 Å². The number of rotatable bonds is 12. The van der Waals surface area contributed by atoms with Gasteiger partial charge in [0.25, 0.3) is 0 Å². The van der Waals surface area contributed by atoms with E-state index >= 15 is 0 Å². The van der Waals surface area contributed by atoms with Gasteiger partial charge in [-0.2, -0.15) is 0 Å². The van der Waals surface area contributed by atoms with Crippen molar-refractivity contribution in [3.8, 4) is 0 Å². The topological polar surface area (TPSA) is 56.8 Å². The van der Waals surface area contributed by atoms with Crippen molar-refractivity contribution in [2.45, 2.75) is 0 Å². The molecule has 0 bridgehead atoms. The lowest BCUT2D eigenvalue weighted by Crippen LogP contribution is -2.24. The standard InChI is InChI=1S/C10H23NO4S/c1-13-6-7-15-9-8-14-5-3-11-4-10-16(2)12/h11H,3-10H2,1-2H3. The summed E-state index contributed by atoms with van der Waals surface area (Å²) in [5.74, 6) is 0.695. The van der Waals surface area contributed by atoms with Gasteiger partial charge in [0, 0.05) is 43.0 Å². The van der Waals surface area contributed by atoms with E-state index in [0.717, 1.165) is 13.1 Å². The van der Waals surface area contributed by atoms with Crippen molar-refractivity contribution in [3.63, 3.8) is 0 Å². The number of hydrogen-bond acceptors (Lipinski definition) is 5. The molecule has 0 aromatic heterocycles. The van der Waals surface area contributed by atoms with E-state index < -0.39 is 10.8 Å². The summed E-state index contributed by atoms with van der Waals surface area (Å²) in [6.07, 6.45) is 1.70. The fourth-order valence-corrected chi connectivity index (χ4v) is 1.38. The molecule has 0 spiro atoms. The number of hydrogen-bond donors (Lipinski definition) is 1. The average Bonchev–Trinajstić information content (AvgIpc) is 2.25. The van der Waals surface area contributed by atoms with Gasteiger partial charge < -0.3 is 19.5 Å². The Morgan fingerprint density at radius 2 is 1.62 bits per heavy atom. The maximum atomic E-state index is 10.7. The summed E-state index contributed by atoms with van der Waals surface area (Å²) in [6, 6.07) is 0. The third-order valence-electron chi connectivity index (χ3n) is 1.79. The van der Waals surface area contributed by atoms with Crippen molar-refractivity contribution < 1.29 is 18.4 Å². The molecule has 1 N–H and O–H groups in total. The molecule has 98 valence electrons. The van der Waals surface area contributed by atoms with Crippen LogP contribution in [0.1, 0.15) is 0 Å². The van der Waals surface area contributed by atoms with Gasteiger partial charge in [0.1, 0.15) is 0 Å². The molecule has 0 rings (SSSR count). The number of ether oxygens (including phenoxy) is 3. The summed E-state index contributed by atoms with van der Waals surface area (Å²) in [5, 5.41) is 3.15. The van der Waals surface area contributed by atoms with E-state index in [1.54, 1.807) is 13.4 Å². The molecule has 0 amide bonds. The van der Waals surface area contributed by atoms with Crippen molar-refractivity contribution in [1.29, 1.82) is 0 Å². The molecule has 0 aliphatic rings. The van der Waals surface area contributed by atoms with Gasteiger partial charge >= 0.3 is 0 Å². The van der Waals surface area contributed by atoms with E-state index in [1.165, 1.54) is 0 Å². The minimum atomic E-state index is -0.714. The predicted octanol–water partition coefficient (Wildman–Crippen LogP) is -0.366. The molecule has 0 aliphatic heterocycles. The first kappa shape index (κ1) is 16.0. The largest absolute Gasteiger partial charge is 0.382 e. The van der Waals surface area contributed by atoms with E-state index in [9.17, 15) is 4.21 Å². The third-order valence-corrected chi connectivity index (χ3v) is 2.57. The van der Waals surface area contributed by atoms with Crippen LogP contribution in [0.15, 0.2) is 0 Å². The van der Waals surface area contributed by atoms with Gasteiger partial charge in [-0.25, -0.2) is 0 Å². The van der Waals surface area contributed by atoms with Gasteiger partial charge in [0.2, 0.25) is 0 Å². The molecule has 5 nitrogen and oxygen atoms in total. The summed E-state index contributed by atoms with van der Waals surface area (Å²) in [7, 11) is 0.933. The minimum Gasteiger partial charge on any atom is -0.382 e. The smallest absolute Gasteiger partial charge is 0.0701 e. The summed E-state index contributed by atoms with van der Waals surface area (Å²) < 4.78 is 26.1. The van der Waals surface area contributed by atoms with Crippen molar-refractivity contribution in [1.82, 2.24) is 5.32 Å². The zero-order chi connectivity index (χ0) is 12.1. The van der Waals surface area contributed by atoms with E-state index in [-0.39, 0.29) is 0 Å². The second-order valence-electron chi connectivity index (χ2n) is 3.24. The summed E-state index contributed by atoms with van der Waals surface area (Å²) in [5.41, 5.74) is 0. The Bertz CT molecular complexity index is 169. The second kappa shape index (κ2) is 13.1. The van der Waals surface area contributed by atoms with Gasteiger partial charge in [0.05, 0.1) is 33.0 Å².